The molecule has 10 heteroatoms. The Morgan fingerprint density at radius 3 is 2.83 bits per heavy atom. The molecular formula is C20H20ClN5O2S2. The normalized spacial score (nSPS) is 11.6. The highest BCUT2D eigenvalue weighted by Crippen LogP contribution is 2.25. The van der Waals surface area contributed by atoms with Gasteiger partial charge in [0.25, 0.3) is 5.56 Å². The number of carbonyl (C=O) groups excluding carboxylic acids is 1. The molecule has 1 N–H and O–H groups in total. The maximum atomic E-state index is 12.9. The lowest BCUT2D eigenvalue weighted by Gasteiger charge is -2.10. The Bertz CT molecular complexity index is 1280. The number of thioether (sulfide) groups is 1. The number of nitrogens with zero attached hydrogens (tertiary/aromatic N) is 4. The first kappa shape index (κ1) is 20.9. The third-order valence-corrected chi connectivity index (χ3v) is 6.74. The molecule has 0 spiro atoms. The molecule has 0 aliphatic carbocycles. The summed E-state index contributed by atoms with van der Waals surface area (Å²) in [5.41, 5.74) is 1.28. The summed E-state index contributed by atoms with van der Waals surface area (Å²) in [6.07, 6.45) is 0.863. The summed E-state index contributed by atoms with van der Waals surface area (Å²) in [5, 5.41) is 14.3. The van der Waals surface area contributed by atoms with Gasteiger partial charge in [0, 0.05) is 6.54 Å². The van der Waals surface area contributed by atoms with Crippen molar-refractivity contribution in [1.29, 1.82) is 0 Å². The van der Waals surface area contributed by atoms with Crippen LogP contribution in [0.2, 0.25) is 5.02 Å². The highest BCUT2D eigenvalue weighted by molar-refractivity contribution is 7.99. The molecule has 1 amide bonds. The summed E-state index contributed by atoms with van der Waals surface area (Å²) in [5.74, 6) is 0.907. The highest BCUT2D eigenvalue weighted by Gasteiger charge is 2.18. The lowest BCUT2D eigenvalue weighted by Crippen LogP contribution is -2.23. The second-order valence-corrected chi connectivity index (χ2v) is 9.47. The molecule has 1 aromatic carbocycles. The van der Waals surface area contributed by atoms with Gasteiger partial charge < -0.3 is 5.32 Å². The zero-order chi connectivity index (χ0) is 21.3. The number of halogens is 1. The monoisotopic (exact) mass is 461 g/mol. The summed E-state index contributed by atoms with van der Waals surface area (Å²) in [6.45, 7) is 4.81. The second kappa shape index (κ2) is 8.79. The SMILES string of the molecule is CC(C)CCn1c(=O)c2sccc2n2c(SCC(=O)Nc3ccccc3Cl)nnc12. The van der Waals surface area contributed by atoms with Crippen LogP contribution in [0.4, 0.5) is 5.69 Å². The van der Waals surface area contributed by atoms with E-state index in [9.17, 15) is 9.59 Å². The Kier molecular flexibility index (Phi) is 6.12. The molecule has 0 atom stereocenters. The number of aryl methyl sites for hydroxylation is 1. The minimum absolute atomic E-state index is 0.0476. The lowest BCUT2D eigenvalue weighted by atomic mass is 10.1. The number of nitrogens with one attached hydrogen (secondary N) is 1. The van der Waals surface area contributed by atoms with Crippen LogP contribution in [0.5, 0.6) is 0 Å². The molecule has 3 aromatic heterocycles. The van der Waals surface area contributed by atoms with Crippen molar-refractivity contribution in [2.75, 3.05) is 11.1 Å². The van der Waals surface area contributed by atoms with Gasteiger partial charge in [-0.25, -0.2) is 0 Å². The maximum Gasteiger partial charge on any atom is 0.272 e. The zero-order valence-corrected chi connectivity index (χ0v) is 18.9. The Hall–Kier alpha value is -2.36. The van der Waals surface area contributed by atoms with Gasteiger partial charge in [0.1, 0.15) is 4.70 Å². The van der Waals surface area contributed by atoms with Crippen molar-refractivity contribution in [2.45, 2.75) is 32.0 Å². The number of para-hydroxylation sites is 1. The van der Waals surface area contributed by atoms with Crippen molar-refractivity contribution in [3.05, 3.63) is 51.1 Å². The molecule has 30 heavy (non-hydrogen) atoms. The lowest BCUT2D eigenvalue weighted by molar-refractivity contribution is -0.113. The first-order valence-corrected chi connectivity index (χ1v) is 11.7. The second-order valence-electron chi connectivity index (χ2n) is 7.21. The average Bonchev–Trinajstić information content (AvgIpc) is 3.35. The summed E-state index contributed by atoms with van der Waals surface area (Å²) in [7, 11) is 0. The molecule has 0 aliphatic rings. The van der Waals surface area contributed by atoms with Crippen molar-refractivity contribution >= 4 is 62.3 Å². The molecule has 0 unspecified atom stereocenters. The van der Waals surface area contributed by atoms with E-state index < -0.39 is 0 Å². The highest BCUT2D eigenvalue weighted by atomic mass is 35.5. The fourth-order valence-electron chi connectivity index (χ4n) is 3.06. The minimum atomic E-state index is -0.195. The van der Waals surface area contributed by atoms with E-state index in [1.54, 1.807) is 22.8 Å². The van der Waals surface area contributed by atoms with E-state index in [-0.39, 0.29) is 17.2 Å². The van der Waals surface area contributed by atoms with Crippen LogP contribution in [0.3, 0.4) is 0 Å². The number of anilines is 1. The fraction of sp³-hybridized carbons (Fsp3) is 0.300. The molecule has 0 saturated heterocycles. The van der Waals surface area contributed by atoms with Crippen LogP contribution >= 0.6 is 34.7 Å². The number of hydrogen-bond acceptors (Lipinski definition) is 6. The van der Waals surface area contributed by atoms with Gasteiger partial charge >= 0.3 is 0 Å². The number of amides is 1. The molecule has 7 nitrogen and oxygen atoms in total. The van der Waals surface area contributed by atoms with E-state index in [0.29, 0.717) is 38.8 Å². The number of fused-ring (bicyclic) bond motifs is 3. The van der Waals surface area contributed by atoms with Gasteiger partial charge in [0.2, 0.25) is 11.7 Å². The molecular weight excluding hydrogens is 442 g/mol. The van der Waals surface area contributed by atoms with Crippen LogP contribution in [0.1, 0.15) is 20.3 Å². The molecule has 4 rings (SSSR count). The van der Waals surface area contributed by atoms with Crippen LogP contribution < -0.4 is 10.9 Å². The first-order valence-electron chi connectivity index (χ1n) is 9.48. The summed E-state index contributed by atoms with van der Waals surface area (Å²) < 4.78 is 4.20. The van der Waals surface area contributed by atoms with Crippen LogP contribution in [-0.2, 0) is 11.3 Å². The van der Waals surface area contributed by atoms with Crippen LogP contribution in [0, 0.1) is 5.92 Å². The number of rotatable bonds is 7. The van der Waals surface area contributed by atoms with Gasteiger partial charge in [-0.2, -0.15) is 0 Å². The Morgan fingerprint density at radius 1 is 1.27 bits per heavy atom. The maximum absolute atomic E-state index is 12.9. The van der Waals surface area contributed by atoms with E-state index in [0.717, 1.165) is 11.9 Å². The van der Waals surface area contributed by atoms with E-state index in [4.69, 9.17) is 11.6 Å². The number of thiophene rings is 1. The Morgan fingerprint density at radius 2 is 2.07 bits per heavy atom. The van der Waals surface area contributed by atoms with Crippen molar-refractivity contribution in [3.8, 4) is 0 Å². The summed E-state index contributed by atoms with van der Waals surface area (Å²) >= 11 is 8.78. The molecule has 156 valence electrons. The minimum Gasteiger partial charge on any atom is -0.324 e. The van der Waals surface area contributed by atoms with Gasteiger partial charge in [-0.15, -0.1) is 21.5 Å². The standard InChI is InChI=1S/C20H20ClN5O2S2/c1-12(2)7-9-25-18(28)17-15(8-10-29-17)26-19(25)23-24-20(26)30-11-16(27)22-14-6-4-3-5-13(14)21/h3-6,8,10,12H,7,9,11H2,1-2H3,(H,22,27). The topological polar surface area (TPSA) is 81.3 Å². The Balaban J connectivity index is 1.63. The van der Waals surface area contributed by atoms with E-state index in [1.165, 1.54) is 23.1 Å². The molecule has 0 radical (unpaired) electrons. The van der Waals surface area contributed by atoms with Gasteiger partial charge in [-0.1, -0.05) is 49.3 Å². The fourth-order valence-corrected chi connectivity index (χ4v) is 4.81. The van der Waals surface area contributed by atoms with Crippen molar-refractivity contribution < 1.29 is 4.79 Å². The molecule has 4 aromatic rings. The van der Waals surface area contributed by atoms with Gasteiger partial charge in [0.05, 0.1) is 22.0 Å². The molecule has 0 aliphatic heterocycles. The van der Waals surface area contributed by atoms with E-state index in [2.05, 4.69) is 29.4 Å². The third-order valence-electron chi connectivity index (χ3n) is 4.59. The predicted octanol–water partition coefficient (Wildman–Crippen LogP) is 4.54. The van der Waals surface area contributed by atoms with Crippen LogP contribution in [0.15, 0.2) is 45.7 Å². The summed E-state index contributed by atoms with van der Waals surface area (Å²) in [4.78, 5) is 25.3. The number of hydrogen-bond donors (Lipinski definition) is 1. The predicted molar refractivity (Wildman–Crippen MR) is 123 cm³/mol. The first-order chi connectivity index (χ1) is 14.5. The van der Waals surface area contributed by atoms with Gasteiger partial charge in [-0.05, 0) is 35.9 Å². The van der Waals surface area contributed by atoms with E-state index >= 15 is 0 Å². The number of carbonyl (C=O) groups is 1. The third kappa shape index (κ3) is 4.10. The van der Waals surface area contributed by atoms with Crippen molar-refractivity contribution in [3.63, 3.8) is 0 Å². The largest absolute Gasteiger partial charge is 0.324 e. The molecule has 0 fully saturated rings. The number of aromatic nitrogens is 4. The van der Waals surface area contributed by atoms with Crippen LogP contribution in [-0.4, -0.2) is 30.8 Å². The van der Waals surface area contributed by atoms with Crippen molar-refractivity contribution in [1.82, 2.24) is 19.2 Å². The van der Waals surface area contributed by atoms with E-state index in [1.807, 2.05) is 21.9 Å². The molecule has 0 saturated carbocycles. The van der Waals surface area contributed by atoms with Gasteiger partial charge in [-0.3, -0.25) is 18.6 Å². The zero-order valence-electron chi connectivity index (χ0n) is 16.5. The number of benzene rings is 1. The van der Waals surface area contributed by atoms with Crippen LogP contribution in [0.25, 0.3) is 16.0 Å². The average molecular weight is 462 g/mol. The molecule has 3 heterocycles. The summed E-state index contributed by atoms with van der Waals surface area (Å²) in [6, 6.07) is 8.97. The molecule has 0 bridgehead atoms. The van der Waals surface area contributed by atoms with Gasteiger partial charge in [0.15, 0.2) is 5.16 Å². The Labute approximate surface area is 186 Å². The smallest absolute Gasteiger partial charge is 0.272 e. The van der Waals surface area contributed by atoms with Crippen molar-refractivity contribution in [2.24, 2.45) is 5.92 Å². The quantitative estimate of drug-likeness (QED) is 0.409.